The molecule has 2 heterocycles. The highest BCUT2D eigenvalue weighted by molar-refractivity contribution is 7.92. The maximum absolute atomic E-state index is 14.1. The van der Waals surface area contributed by atoms with Gasteiger partial charge in [-0.15, -0.1) is 0 Å². The van der Waals surface area contributed by atoms with Crippen molar-refractivity contribution in [2.75, 3.05) is 17.9 Å². The molecule has 6 aromatic rings. The molecule has 0 aliphatic rings. The number of carbonyl (C=O) groups excluding carboxylic acids is 1. The second-order valence-electron chi connectivity index (χ2n) is 10.6. The lowest BCUT2D eigenvalue weighted by Gasteiger charge is -2.21. The highest BCUT2D eigenvalue weighted by Crippen LogP contribution is 2.41. The van der Waals surface area contributed by atoms with E-state index in [2.05, 4.69) is 10.3 Å². The second-order valence-corrected chi connectivity index (χ2v) is 12.6. The number of carbonyl (C=O) groups is 1. The Bertz CT molecular complexity index is 2220. The molecular weight excluding hydrogens is 589 g/mol. The molecule has 0 saturated heterocycles. The Kier molecular flexibility index (Phi) is 7.79. The molecule has 45 heavy (non-hydrogen) atoms. The fourth-order valence-electron chi connectivity index (χ4n) is 5.44. The Morgan fingerprint density at radius 3 is 2.49 bits per heavy atom. The number of nitrogens with one attached hydrogen (secondary N) is 2. The number of amides is 1. The van der Waals surface area contributed by atoms with E-state index in [9.17, 15) is 17.6 Å². The van der Waals surface area contributed by atoms with Crippen LogP contribution in [0.5, 0.6) is 0 Å². The van der Waals surface area contributed by atoms with Crippen LogP contribution in [-0.4, -0.2) is 37.9 Å². The zero-order valence-corrected chi connectivity index (χ0v) is 25.3. The lowest BCUT2D eigenvalue weighted by molar-refractivity contribution is 0.0954. The summed E-state index contributed by atoms with van der Waals surface area (Å²) >= 11 is 0. The average Bonchev–Trinajstić information content (AvgIpc) is 3.43. The van der Waals surface area contributed by atoms with Crippen molar-refractivity contribution in [1.82, 2.24) is 15.3 Å². The molecule has 10 heteroatoms. The number of rotatable bonds is 8. The summed E-state index contributed by atoms with van der Waals surface area (Å²) in [6.07, 6.45) is 2.01. The molecule has 1 amide bonds. The maximum Gasteiger partial charge on any atom is 0.264 e. The number of halogens is 1. The minimum atomic E-state index is -4.06. The first-order valence-corrected chi connectivity index (χ1v) is 15.6. The molecule has 0 aliphatic heterocycles. The van der Waals surface area contributed by atoms with Gasteiger partial charge in [-0.25, -0.2) is 17.8 Å². The molecular formula is C35H28FN5O3S. The average molecular weight is 618 g/mol. The van der Waals surface area contributed by atoms with Gasteiger partial charge < -0.3 is 10.3 Å². The first kappa shape index (κ1) is 29.5. The normalized spacial score (nSPS) is 11.4. The van der Waals surface area contributed by atoms with E-state index < -0.39 is 15.8 Å². The highest BCUT2D eigenvalue weighted by atomic mass is 32.2. The molecule has 0 fully saturated rings. The molecule has 0 bridgehead atoms. The largest absolute Gasteiger partial charge is 0.351 e. The summed E-state index contributed by atoms with van der Waals surface area (Å²) in [5, 5.41) is 13.1. The van der Waals surface area contributed by atoms with Crippen LogP contribution in [-0.2, 0) is 10.0 Å². The molecule has 8 nitrogen and oxygen atoms in total. The van der Waals surface area contributed by atoms with Crippen molar-refractivity contribution in [3.63, 3.8) is 0 Å². The van der Waals surface area contributed by atoms with Crippen molar-refractivity contribution in [1.29, 1.82) is 5.26 Å². The van der Waals surface area contributed by atoms with Gasteiger partial charge in [0.1, 0.15) is 11.5 Å². The summed E-state index contributed by atoms with van der Waals surface area (Å²) in [7, 11) is -2.61. The van der Waals surface area contributed by atoms with Crippen molar-refractivity contribution in [2.24, 2.45) is 0 Å². The predicted octanol–water partition coefficient (Wildman–Crippen LogP) is 6.97. The van der Waals surface area contributed by atoms with Crippen LogP contribution in [0.3, 0.4) is 0 Å². The molecule has 2 N–H and O–H groups in total. The lowest BCUT2D eigenvalue weighted by atomic mass is 9.92. The summed E-state index contributed by atoms with van der Waals surface area (Å²) < 4.78 is 42.5. The van der Waals surface area contributed by atoms with Gasteiger partial charge in [-0.1, -0.05) is 48.5 Å². The van der Waals surface area contributed by atoms with Gasteiger partial charge in [-0.05, 0) is 66.1 Å². The van der Waals surface area contributed by atoms with Crippen LogP contribution in [0.15, 0.2) is 102 Å². The predicted molar refractivity (Wildman–Crippen MR) is 174 cm³/mol. The third-order valence-electron chi connectivity index (χ3n) is 7.80. The molecule has 0 radical (unpaired) electrons. The van der Waals surface area contributed by atoms with Crippen molar-refractivity contribution >= 4 is 43.6 Å². The Morgan fingerprint density at radius 1 is 1.00 bits per heavy atom. The molecule has 0 spiro atoms. The number of fused-ring (bicyclic) bond motifs is 3. The van der Waals surface area contributed by atoms with Gasteiger partial charge in [0.2, 0.25) is 0 Å². The molecule has 0 unspecified atom stereocenters. The van der Waals surface area contributed by atoms with E-state index in [0.29, 0.717) is 22.5 Å². The number of pyridine rings is 1. The molecule has 0 aliphatic carbocycles. The monoisotopic (exact) mass is 617 g/mol. The van der Waals surface area contributed by atoms with Crippen LogP contribution >= 0.6 is 0 Å². The van der Waals surface area contributed by atoms with Crippen LogP contribution in [0.1, 0.15) is 22.3 Å². The number of anilines is 1. The fraction of sp³-hybridized carbons (Fsp3) is 0.114. The smallest absolute Gasteiger partial charge is 0.264 e. The zero-order chi connectivity index (χ0) is 31.7. The minimum absolute atomic E-state index is 0.0971. The van der Waals surface area contributed by atoms with E-state index in [1.807, 2.05) is 54.6 Å². The number of aromatic amines is 1. The quantitative estimate of drug-likeness (QED) is 0.179. The lowest BCUT2D eigenvalue weighted by Crippen LogP contribution is -2.27. The maximum atomic E-state index is 14.1. The number of hydrogen-bond acceptors (Lipinski definition) is 5. The van der Waals surface area contributed by atoms with Crippen molar-refractivity contribution in [3.8, 4) is 28.3 Å². The van der Waals surface area contributed by atoms with E-state index in [1.54, 1.807) is 37.4 Å². The topological polar surface area (TPSA) is 119 Å². The Hall–Kier alpha value is -5.53. The number of aromatic nitrogens is 2. The molecule has 224 valence electrons. The van der Waals surface area contributed by atoms with Crippen LogP contribution in [0.2, 0.25) is 0 Å². The van der Waals surface area contributed by atoms with Crippen LogP contribution < -0.4 is 9.62 Å². The third-order valence-corrected chi connectivity index (χ3v) is 9.73. The third kappa shape index (κ3) is 5.50. The zero-order valence-electron chi connectivity index (χ0n) is 24.5. The van der Waals surface area contributed by atoms with E-state index >= 15 is 0 Å². The number of benzene rings is 4. The summed E-state index contributed by atoms with van der Waals surface area (Å²) in [5.41, 5.74) is 6.21. The number of hydrogen-bond donors (Lipinski definition) is 2. The summed E-state index contributed by atoms with van der Waals surface area (Å²) in [5.74, 6) is -0.885. The van der Waals surface area contributed by atoms with Gasteiger partial charge >= 0.3 is 0 Å². The van der Waals surface area contributed by atoms with E-state index in [4.69, 9.17) is 10.2 Å². The van der Waals surface area contributed by atoms with Gasteiger partial charge in [0, 0.05) is 52.8 Å². The highest BCUT2D eigenvalue weighted by Gasteiger charge is 2.25. The number of H-pyrrole nitrogens is 1. The van der Waals surface area contributed by atoms with E-state index in [0.717, 1.165) is 48.9 Å². The molecule has 6 rings (SSSR count). The standard InChI is InChI=1S/C35H28FN5O3S/c1-22-9-14-26(36)19-31(22)45(43,44)41(2)27-15-16-30-28(20-27)33-32(24-7-4-3-5-8-24)29(21-39-34(33)40-30)23-10-12-25(13-11-23)35(42)38-18-6-17-37/h3-5,7-16,19-21H,6,18H2,1-2H3,(H,38,42)(H,39,40). The summed E-state index contributed by atoms with van der Waals surface area (Å²) in [6.45, 7) is 1.91. The summed E-state index contributed by atoms with van der Waals surface area (Å²) in [6, 6.07) is 28.1. The Labute approximate surface area is 259 Å². The molecule has 2 aromatic heterocycles. The Balaban J connectivity index is 1.50. The summed E-state index contributed by atoms with van der Waals surface area (Å²) in [4.78, 5) is 20.5. The van der Waals surface area contributed by atoms with Crippen molar-refractivity contribution < 1.29 is 17.6 Å². The minimum Gasteiger partial charge on any atom is -0.351 e. The van der Waals surface area contributed by atoms with Gasteiger partial charge in [0.05, 0.1) is 23.1 Å². The number of nitriles is 1. The molecule has 0 saturated carbocycles. The van der Waals surface area contributed by atoms with Crippen molar-refractivity contribution in [2.45, 2.75) is 18.2 Å². The van der Waals surface area contributed by atoms with Crippen LogP contribution in [0.4, 0.5) is 10.1 Å². The molecule has 4 aromatic carbocycles. The van der Waals surface area contributed by atoms with Gasteiger partial charge in [0.25, 0.3) is 15.9 Å². The van der Waals surface area contributed by atoms with E-state index in [-0.39, 0.29) is 23.8 Å². The Morgan fingerprint density at radius 2 is 1.76 bits per heavy atom. The molecule has 0 atom stereocenters. The first-order chi connectivity index (χ1) is 21.7. The number of nitrogens with zero attached hydrogens (tertiary/aromatic N) is 3. The van der Waals surface area contributed by atoms with Gasteiger partial charge in [-0.2, -0.15) is 5.26 Å². The SMILES string of the molecule is Cc1ccc(F)cc1S(=O)(=O)N(C)c1ccc2[nH]c3ncc(-c4ccc(C(=O)NCCC#N)cc4)c(-c4ccccc4)c3c2c1. The second kappa shape index (κ2) is 11.9. The van der Waals surface area contributed by atoms with Gasteiger partial charge in [0.15, 0.2) is 0 Å². The van der Waals surface area contributed by atoms with Crippen LogP contribution in [0, 0.1) is 24.1 Å². The van der Waals surface area contributed by atoms with Crippen molar-refractivity contribution in [3.05, 3.63) is 114 Å². The first-order valence-electron chi connectivity index (χ1n) is 14.2. The fourth-order valence-corrected chi connectivity index (χ4v) is 6.86. The van der Waals surface area contributed by atoms with Gasteiger partial charge in [-0.3, -0.25) is 9.10 Å². The van der Waals surface area contributed by atoms with E-state index in [1.165, 1.54) is 19.2 Å². The van der Waals surface area contributed by atoms with Crippen LogP contribution in [0.25, 0.3) is 44.2 Å². The number of sulfonamides is 1. The number of aryl methyl sites for hydroxylation is 1.